The van der Waals surface area contributed by atoms with Crippen molar-refractivity contribution in [2.45, 2.75) is 66.1 Å². The van der Waals surface area contributed by atoms with Gasteiger partial charge in [-0.15, -0.1) is 0 Å². The zero-order valence-corrected chi connectivity index (χ0v) is 21.0. The van der Waals surface area contributed by atoms with E-state index in [1.165, 1.54) is 19.4 Å². The van der Waals surface area contributed by atoms with E-state index in [-0.39, 0.29) is 22.3 Å². The van der Waals surface area contributed by atoms with E-state index in [0.29, 0.717) is 30.0 Å². The molecule has 3 rings (SSSR count). The average Bonchev–Trinajstić information content (AvgIpc) is 2.73. The number of piperidine rings is 1. The molecule has 0 radical (unpaired) electrons. The van der Waals surface area contributed by atoms with Gasteiger partial charge in [0.25, 0.3) is 0 Å². The average molecular weight is 477 g/mol. The molecule has 0 bridgehead atoms. The standard InChI is InChI=1S/C26H34F2N2O4/c1-15-19(23(24(31)32)34-25(2,3)4)22(30-12-10-26(5,6)11-13-30)16(14-29-15)20-18(33-7)9-8-17(27)21(20)28/h8-9,14,23H,10-13H2,1-7H3,(H,31,32). The van der Waals surface area contributed by atoms with Crippen molar-refractivity contribution in [3.05, 3.63) is 41.2 Å². The van der Waals surface area contributed by atoms with Gasteiger partial charge in [-0.25, -0.2) is 13.6 Å². The molecule has 1 atom stereocenters. The summed E-state index contributed by atoms with van der Waals surface area (Å²) in [6, 6.07) is 2.36. The molecular weight excluding hydrogens is 442 g/mol. The minimum absolute atomic E-state index is 0.0871. The number of carboxylic acids is 1. The minimum Gasteiger partial charge on any atom is -0.496 e. The summed E-state index contributed by atoms with van der Waals surface area (Å²) in [7, 11) is 1.38. The maximum Gasteiger partial charge on any atom is 0.337 e. The molecule has 2 aromatic rings. The molecule has 0 saturated carbocycles. The first-order valence-corrected chi connectivity index (χ1v) is 11.4. The molecule has 1 N–H and O–H groups in total. The van der Waals surface area contributed by atoms with E-state index in [2.05, 4.69) is 18.8 Å². The topological polar surface area (TPSA) is 71.9 Å². The summed E-state index contributed by atoms with van der Waals surface area (Å²) in [6.07, 6.45) is 1.83. The lowest BCUT2D eigenvalue weighted by molar-refractivity contribution is -0.160. The summed E-state index contributed by atoms with van der Waals surface area (Å²) < 4.78 is 40.9. The predicted molar refractivity (Wildman–Crippen MR) is 127 cm³/mol. The summed E-state index contributed by atoms with van der Waals surface area (Å²) in [6.45, 7) is 12.6. The maximum atomic E-state index is 15.2. The van der Waals surface area contributed by atoms with Crippen LogP contribution in [0.15, 0.2) is 18.3 Å². The molecule has 6 nitrogen and oxygen atoms in total. The Bertz CT molecular complexity index is 1070. The molecule has 0 spiro atoms. The van der Waals surface area contributed by atoms with Crippen LogP contribution in [-0.4, -0.2) is 41.9 Å². The number of hydrogen-bond acceptors (Lipinski definition) is 5. The third-order valence-corrected chi connectivity index (χ3v) is 6.22. The van der Waals surface area contributed by atoms with Crippen LogP contribution in [0, 0.1) is 24.0 Å². The minimum atomic E-state index is -1.35. The summed E-state index contributed by atoms with van der Waals surface area (Å²) >= 11 is 0. The van der Waals surface area contributed by atoms with Gasteiger partial charge in [-0.3, -0.25) is 4.98 Å². The van der Waals surface area contributed by atoms with Crippen molar-refractivity contribution in [2.24, 2.45) is 5.41 Å². The molecule has 8 heteroatoms. The number of aromatic nitrogens is 1. The second kappa shape index (κ2) is 9.49. The zero-order valence-electron chi connectivity index (χ0n) is 21.0. The smallest absolute Gasteiger partial charge is 0.337 e. The molecule has 2 heterocycles. The number of ether oxygens (including phenoxy) is 2. The molecule has 1 unspecified atom stereocenters. The van der Waals surface area contributed by atoms with E-state index in [4.69, 9.17) is 9.47 Å². The number of halogens is 2. The van der Waals surface area contributed by atoms with Crippen LogP contribution < -0.4 is 9.64 Å². The number of hydrogen-bond donors (Lipinski definition) is 1. The van der Waals surface area contributed by atoms with Crippen LogP contribution in [-0.2, 0) is 9.53 Å². The van der Waals surface area contributed by atoms with Gasteiger partial charge >= 0.3 is 5.97 Å². The lowest BCUT2D eigenvalue weighted by atomic mass is 9.82. The molecule has 1 aromatic heterocycles. The molecule has 34 heavy (non-hydrogen) atoms. The fourth-order valence-electron chi connectivity index (χ4n) is 4.32. The summed E-state index contributed by atoms with van der Waals surface area (Å²) in [5.41, 5.74) is 0.821. The van der Waals surface area contributed by atoms with Crippen LogP contribution in [0.3, 0.4) is 0 Å². The second-order valence-electron chi connectivity index (χ2n) is 10.6. The zero-order chi connectivity index (χ0) is 25.4. The van der Waals surface area contributed by atoms with E-state index in [0.717, 1.165) is 18.9 Å². The van der Waals surface area contributed by atoms with Crippen LogP contribution >= 0.6 is 0 Å². The molecule has 1 aromatic carbocycles. The molecular formula is C26H34F2N2O4. The molecule has 1 fully saturated rings. The lowest BCUT2D eigenvalue weighted by Gasteiger charge is -2.41. The van der Waals surface area contributed by atoms with Gasteiger partial charge in [0.1, 0.15) is 5.75 Å². The Morgan fingerprint density at radius 3 is 2.35 bits per heavy atom. The van der Waals surface area contributed by atoms with Gasteiger partial charge in [-0.1, -0.05) is 13.8 Å². The number of carboxylic acid groups (broad SMARTS) is 1. The molecule has 1 saturated heterocycles. The number of nitrogens with zero attached hydrogens (tertiary/aromatic N) is 2. The third-order valence-electron chi connectivity index (χ3n) is 6.22. The van der Waals surface area contributed by atoms with E-state index in [9.17, 15) is 14.3 Å². The molecule has 1 aliphatic heterocycles. The Morgan fingerprint density at radius 1 is 1.21 bits per heavy atom. The fourth-order valence-corrected chi connectivity index (χ4v) is 4.32. The van der Waals surface area contributed by atoms with Crippen molar-refractivity contribution in [2.75, 3.05) is 25.1 Å². The predicted octanol–water partition coefficient (Wildman–Crippen LogP) is 5.91. The van der Waals surface area contributed by atoms with E-state index < -0.39 is 29.3 Å². The molecule has 186 valence electrons. The van der Waals surface area contributed by atoms with Crippen molar-refractivity contribution < 1.29 is 28.2 Å². The number of rotatable bonds is 6. The van der Waals surface area contributed by atoms with Crippen LogP contribution in [0.2, 0.25) is 0 Å². The van der Waals surface area contributed by atoms with Crippen molar-refractivity contribution in [1.29, 1.82) is 0 Å². The Labute approximate surface area is 199 Å². The van der Waals surface area contributed by atoms with Crippen molar-refractivity contribution in [1.82, 2.24) is 4.98 Å². The van der Waals surface area contributed by atoms with Gasteiger partial charge in [0.05, 0.1) is 24.0 Å². The van der Waals surface area contributed by atoms with Crippen LogP contribution in [0.25, 0.3) is 11.1 Å². The number of aliphatic carboxylic acids is 1. The molecule has 0 amide bonds. The highest BCUT2D eigenvalue weighted by Crippen LogP contribution is 2.46. The maximum absolute atomic E-state index is 15.2. The summed E-state index contributed by atoms with van der Waals surface area (Å²) in [5.74, 6) is -3.14. The lowest BCUT2D eigenvalue weighted by Crippen LogP contribution is -2.39. The monoisotopic (exact) mass is 476 g/mol. The van der Waals surface area contributed by atoms with E-state index in [1.807, 2.05) is 4.90 Å². The Balaban J connectivity index is 2.35. The summed E-state index contributed by atoms with van der Waals surface area (Å²) in [4.78, 5) is 18.9. The third kappa shape index (κ3) is 5.32. The van der Waals surface area contributed by atoms with Crippen molar-refractivity contribution >= 4 is 11.7 Å². The number of carbonyl (C=O) groups is 1. The number of anilines is 1. The number of methoxy groups -OCH3 is 1. The molecule has 0 aliphatic carbocycles. The van der Waals surface area contributed by atoms with Crippen molar-refractivity contribution in [3.8, 4) is 16.9 Å². The van der Waals surface area contributed by atoms with Crippen LogP contribution in [0.4, 0.5) is 14.5 Å². The van der Waals surface area contributed by atoms with Gasteiger partial charge in [0.2, 0.25) is 0 Å². The fraction of sp³-hybridized carbons (Fsp3) is 0.538. The Hall–Kier alpha value is -2.74. The Kier molecular flexibility index (Phi) is 7.22. The highest BCUT2D eigenvalue weighted by atomic mass is 19.2. The van der Waals surface area contributed by atoms with E-state index >= 15 is 4.39 Å². The van der Waals surface area contributed by atoms with Crippen LogP contribution in [0.5, 0.6) is 5.75 Å². The van der Waals surface area contributed by atoms with Gasteiger partial charge in [0.15, 0.2) is 17.7 Å². The van der Waals surface area contributed by atoms with Gasteiger partial charge in [-0.05, 0) is 58.1 Å². The first kappa shape index (κ1) is 25.9. The number of aryl methyl sites for hydroxylation is 1. The largest absolute Gasteiger partial charge is 0.496 e. The highest BCUT2D eigenvalue weighted by Gasteiger charge is 2.36. The Morgan fingerprint density at radius 2 is 1.82 bits per heavy atom. The molecule has 1 aliphatic rings. The first-order chi connectivity index (χ1) is 15.8. The quantitative estimate of drug-likeness (QED) is 0.559. The van der Waals surface area contributed by atoms with Gasteiger partial charge in [-0.2, -0.15) is 0 Å². The highest BCUT2D eigenvalue weighted by molar-refractivity contribution is 5.88. The number of pyridine rings is 1. The second-order valence-corrected chi connectivity index (χ2v) is 10.6. The van der Waals surface area contributed by atoms with Crippen molar-refractivity contribution in [3.63, 3.8) is 0 Å². The van der Waals surface area contributed by atoms with Crippen LogP contribution in [0.1, 0.15) is 64.8 Å². The normalized spacial score (nSPS) is 16.9. The van der Waals surface area contributed by atoms with Gasteiger partial charge < -0.3 is 19.5 Å². The SMILES string of the molecule is COc1ccc(F)c(F)c1-c1cnc(C)c(C(OC(C)(C)C)C(=O)O)c1N1CCC(C)(C)CC1. The summed E-state index contributed by atoms with van der Waals surface area (Å²) in [5, 5.41) is 10.2. The van der Waals surface area contributed by atoms with E-state index in [1.54, 1.807) is 27.7 Å². The van der Waals surface area contributed by atoms with Gasteiger partial charge in [0, 0.05) is 36.1 Å². The first-order valence-electron chi connectivity index (χ1n) is 11.4. The number of benzene rings is 1.